The van der Waals surface area contributed by atoms with Crippen LogP contribution in [0.5, 0.6) is 0 Å². The van der Waals surface area contributed by atoms with E-state index in [0.29, 0.717) is 16.8 Å². The Bertz CT molecular complexity index is 958. The number of carbonyl (C=O) groups excluding carboxylic acids is 3. The van der Waals surface area contributed by atoms with E-state index >= 15 is 0 Å². The molecule has 1 aliphatic rings. The number of fused-ring (bicyclic) bond motifs is 2. The van der Waals surface area contributed by atoms with Gasteiger partial charge in [0.15, 0.2) is 0 Å². The fourth-order valence-corrected chi connectivity index (χ4v) is 3.54. The van der Waals surface area contributed by atoms with Gasteiger partial charge in [0.1, 0.15) is 6.54 Å². The minimum Gasteiger partial charge on any atom is -0.325 e. The summed E-state index contributed by atoms with van der Waals surface area (Å²) in [5.41, 5.74) is 1.33. The number of imide groups is 1. The highest BCUT2D eigenvalue weighted by molar-refractivity contribution is 7.17. The van der Waals surface area contributed by atoms with E-state index in [1.165, 1.54) is 0 Å². The lowest BCUT2D eigenvalue weighted by molar-refractivity contribution is -0.116. The molecule has 118 valence electrons. The SMILES string of the molecule is O=C(CN1C(=O)c2ccccc2C1=O)Nc1ccc2sccc2c1. The first kappa shape index (κ1) is 14.6. The van der Waals surface area contributed by atoms with E-state index in [1.807, 2.05) is 23.6 Å². The molecule has 0 unspecified atom stereocenters. The van der Waals surface area contributed by atoms with Crippen LogP contribution >= 0.6 is 11.3 Å². The van der Waals surface area contributed by atoms with Gasteiger partial charge in [-0.15, -0.1) is 11.3 Å². The predicted molar refractivity (Wildman–Crippen MR) is 92.3 cm³/mol. The van der Waals surface area contributed by atoms with Crippen molar-refractivity contribution < 1.29 is 14.4 Å². The molecular weight excluding hydrogens is 324 g/mol. The average Bonchev–Trinajstić information content (AvgIpc) is 3.14. The molecule has 0 fully saturated rings. The first-order chi connectivity index (χ1) is 11.6. The van der Waals surface area contributed by atoms with Gasteiger partial charge in [-0.25, -0.2) is 0 Å². The fraction of sp³-hybridized carbons (Fsp3) is 0.0556. The number of amides is 3. The zero-order chi connectivity index (χ0) is 16.7. The van der Waals surface area contributed by atoms with Crippen molar-refractivity contribution in [3.63, 3.8) is 0 Å². The van der Waals surface area contributed by atoms with Crippen molar-refractivity contribution in [2.75, 3.05) is 11.9 Å². The number of carbonyl (C=O) groups is 3. The molecule has 0 atom stereocenters. The molecule has 1 N–H and O–H groups in total. The number of nitrogens with one attached hydrogen (secondary N) is 1. The number of nitrogens with zero attached hydrogens (tertiary/aromatic N) is 1. The Morgan fingerprint density at radius 2 is 1.71 bits per heavy atom. The molecule has 0 saturated carbocycles. The molecule has 0 saturated heterocycles. The first-order valence-corrected chi connectivity index (χ1v) is 8.24. The normalized spacial score (nSPS) is 13.4. The highest BCUT2D eigenvalue weighted by Crippen LogP contribution is 2.25. The summed E-state index contributed by atoms with van der Waals surface area (Å²) in [5.74, 6) is -1.27. The first-order valence-electron chi connectivity index (χ1n) is 7.36. The Labute approximate surface area is 141 Å². The van der Waals surface area contributed by atoms with Crippen LogP contribution in [-0.4, -0.2) is 29.2 Å². The van der Waals surface area contributed by atoms with Crippen molar-refractivity contribution in [3.8, 4) is 0 Å². The fourth-order valence-electron chi connectivity index (χ4n) is 2.77. The molecule has 0 bridgehead atoms. The maximum atomic E-state index is 12.3. The molecule has 6 heteroatoms. The number of rotatable bonds is 3. The minimum absolute atomic E-state index is 0.298. The Balaban J connectivity index is 1.50. The molecule has 1 aliphatic heterocycles. The molecule has 3 amide bonds. The Kier molecular flexibility index (Phi) is 3.39. The number of hydrogen-bond acceptors (Lipinski definition) is 4. The largest absolute Gasteiger partial charge is 0.325 e. The lowest BCUT2D eigenvalue weighted by atomic mass is 10.1. The zero-order valence-corrected chi connectivity index (χ0v) is 13.3. The summed E-state index contributed by atoms with van der Waals surface area (Å²) in [6.07, 6.45) is 0. The van der Waals surface area contributed by atoms with Gasteiger partial charge in [-0.2, -0.15) is 0 Å². The van der Waals surface area contributed by atoms with Gasteiger partial charge in [-0.3, -0.25) is 19.3 Å². The molecule has 1 aromatic heterocycles. The van der Waals surface area contributed by atoms with E-state index in [0.717, 1.165) is 15.0 Å². The Morgan fingerprint density at radius 3 is 2.42 bits per heavy atom. The third-order valence-electron chi connectivity index (χ3n) is 3.92. The van der Waals surface area contributed by atoms with Crippen molar-refractivity contribution in [1.82, 2.24) is 4.90 Å². The van der Waals surface area contributed by atoms with Gasteiger partial charge in [0.2, 0.25) is 5.91 Å². The topological polar surface area (TPSA) is 66.5 Å². The number of anilines is 1. The summed E-state index contributed by atoms with van der Waals surface area (Å²) in [6.45, 7) is -0.298. The summed E-state index contributed by atoms with van der Waals surface area (Å²) in [4.78, 5) is 37.7. The van der Waals surface area contributed by atoms with Crippen molar-refractivity contribution in [1.29, 1.82) is 0 Å². The minimum atomic E-state index is -0.431. The van der Waals surface area contributed by atoms with Crippen LogP contribution in [0.4, 0.5) is 5.69 Å². The highest BCUT2D eigenvalue weighted by Gasteiger charge is 2.36. The van der Waals surface area contributed by atoms with Crippen LogP contribution in [0.15, 0.2) is 53.9 Å². The molecule has 2 aromatic carbocycles. The second-order valence-corrected chi connectivity index (χ2v) is 6.41. The van der Waals surface area contributed by atoms with Crippen molar-refractivity contribution in [3.05, 3.63) is 65.0 Å². The maximum Gasteiger partial charge on any atom is 0.262 e. The van der Waals surface area contributed by atoms with E-state index in [2.05, 4.69) is 5.32 Å². The lowest BCUT2D eigenvalue weighted by Gasteiger charge is -2.13. The summed E-state index contributed by atoms with van der Waals surface area (Å²) in [7, 11) is 0. The second kappa shape index (κ2) is 5.58. The average molecular weight is 336 g/mol. The number of hydrogen-bond donors (Lipinski definition) is 1. The monoisotopic (exact) mass is 336 g/mol. The zero-order valence-electron chi connectivity index (χ0n) is 12.5. The maximum absolute atomic E-state index is 12.3. The molecule has 2 heterocycles. The lowest BCUT2D eigenvalue weighted by Crippen LogP contribution is -2.37. The molecule has 3 aromatic rings. The molecule has 5 nitrogen and oxygen atoms in total. The van der Waals surface area contributed by atoms with E-state index in [1.54, 1.807) is 41.7 Å². The third kappa shape index (κ3) is 2.37. The van der Waals surface area contributed by atoms with Crippen LogP contribution < -0.4 is 5.32 Å². The second-order valence-electron chi connectivity index (χ2n) is 5.46. The van der Waals surface area contributed by atoms with Crippen molar-refractivity contribution in [2.45, 2.75) is 0 Å². The summed E-state index contributed by atoms with van der Waals surface area (Å²) in [5, 5.41) is 5.76. The summed E-state index contributed by atoms with van der Waals surface area (Å²) in [6, 6.07) is 14.2. The van der Waals surface area contributed by atoms with Crippen LogP contribution in [0.2, 0.25) is 0 Å². The Morgan fingerprint density at radius 1 is 1.00 bits per heavy atom. The van der Waals surface area contributed by atoms with Gasteiger partial charge < -0.3 is 5.32 Å². The van der Waals surface area contributed by atoms with Crippen LogP contribution in [-0.2, 0) is 4.79 Å². The van der Waals surface area contributed by atoms with Crippen LogP contribution in [0.1, 0.15) is 20.7 Å². The smallest absolute Gasteiger partial charge is 0.262 e. The summed E-state index contributed by atoms with van der Waals surface area (Å²) < 4.78 is 1.13. The van der Waals surface area contributed by atoms with Gasteiger partial charge in [0.25, 0.3) is 11.8 Å². The molecular formula is C18H12N2O3S. The van der Waals surface area contributed by atoms with Gasteiger partial charge in [0.05, 0.1) is 11.1 Å². The van der Waals surface area contributed by atoms with Crippen LogP contribution in [0, 0.1) is 0 Å². The Hall–Kier alpha value is -2.99. The van der Waals surface area contributed by atoms with Crippen molar-refractivity contribution in [2.24, 2.45) is 0 Å². The van der Waals surface area contributed by atoms with Crippen molar-refractivity contribution >= 4 is 44.8 Å². The quantitative estimate of drug-likeness (QED) is 0.747. The number of benzene rings is 2. The van der Waals surface area contributed by atoms with E-state index < -0.39 is 17.7 Å². The highest BCUT2D eigenvalue weighted by atomic mass is 32.1. The molecule has 0 spiro atoms. The molecule has 0 aliphatic carbocycles. The summed E-state index contributed by atoms with van der Waals surface area (Å²) >= 11 is 1.62. The third-order valence-corrected chi connectivity index (χ3v) is 4.81. The van der Waals surface area contributed by atoms with Crippen LogP contribution in [0.3, 0.4) is 0 Å². The van der Waals surface area contributed by atoms with Crippen LogP contribution in [0.25, 0.3) is 10.1 Å². The predicted octanol–water partition coefficient (Wildman–Crippen LogP) is 3.14. The number of thiophene rings is 1. The molecule has 24 heavy (non-hydrogen) atoms. The molecule has 0 radical (unpaired) electrons. The van der Waals surface area contributed by atoms with E-state index in [4.69, 9.17) is 0 Å². The van der Waals surface area contributed by atoms with Gasteiger partial charge >= 0.3 is 0 Å². The van der Waals surface area contributed by atoms with Gasteiger partial charge in [-0.05, 0) is 47.2 Å². The standard InChI is InChI=1S/C18H12N2O3S/c21-16(19-12-5-6-15-11(9-12)7-8-24-15)10-20-17(22)13-3-1-2-4-14(13)18(20)23/h1-9H,10H2,(H,19,21). The van der Waals surface area contributed by atoms with Gasteiger partial charge in [0, 0.05) is 10.4 Å². The van der Waals surface area contributed by atoms with Gasteiger partial charge in [-0.1, -0.05) is 12.1 Å². The molecule has 4 rings (SSSR count). The van der Waals surface area contributed by atoms with E-state index in [-0.39, 0.29) is 6.54 Å². The van der Waals surface area contributed by atoms with E-state index in [9.17, 15) is 14.4 Å².